The van der Waals surface area contributed by atoms with Crippen LogP contribution in [0.3, 0.4) is 0 Å². The lowest BCUT2D eigenvalue weighted by Crippen LogP contribution is -2.36. The number of nitrogens with zero attached hydrogens (tertiary/aromatic N) is 1. The minimum atomic E-state index is -0.413. The Morgan fingerprint density at radius 3 is 2.42 bits per heavy atom. The summed E-state index contributed by atoms with van der Waals surface area (Å²) < 4.78 is 5.72. The largest absolute Gasteiger partial charge is 0.455 e. The summed E-state index contributed by atoms with van der Waals surface area (Å²) in [6.07, 6.45) is 0. The summed E-state index contributed by atoms with van der Waals surface area (Å²) in [4.78, 5) is 11.6. The number of nitrogens with one attached hydrogen (secondary N) is 1. The topological polar surface area (TPSA) is 67.6 Å². The number of hydrazine groups is 1. The van der Waals surface area contributed by atoms with E-state index in [-0.39, 0.29) is 0 Å². The second-order valence-electron chi connectivity index (χ2n) is 3.95. The number of amides is 2. The van der Waals surface area contributed by atoms with E-state index in [0.29, 0.717) is 17.2 Å². The molecule has 5 heteroatoms. The number of nitrogens with two attached hydrogens (primary N) is 1. The first kappa shape index (κ1) is 12.9. The molecule has 0 bridgehead atoms. The van der Waals surface area contributed by atoms with E-state index in [0.717, 1.165) is 5.01 Å². The van der Waals surface area contributed by atoms with Crippen molar-refractivity contribution < 1.29 is 9.53 Å². The molecule has 0 radical (unpaired) electrons. The Hall–Kier alpha value is -2.53. The van der Waals surface area contributed by atoms with Gasteiger partial charge in [0.2, 0.25) is 0 Å². The van der Waals surface area contributed by atoms with E-state index >= 15 is 0 Å². The fourth-order valence-electron chi connectivity index (χ4n) is 1.48. The summed E-state index contributed by atoms with van der Waals surface area (Å²) in [5.41, 5.74) is 0.564. The molecule has 0 saturated heterocycles. The normalized spacial score (nSPS) is 9.79. The van der Waals surface area contributed by atoms with Crippen molar-refractivity contribution in [3.05, 3.63) is 54.6 Å². The molecular weight excluding hydrogens is 242 g/mol. The van der Waals surface area contributed by atoms with Gasteiger partial charge in [0.05, 0.1) is 5.69 Å². The average molecular weight is 257 g/mol. The number of carbonyl (C=O) groups is 1. The molecule has 0 aliphatic carbocycles. The molecule has 0 spiro atoms. The van der Waals surface area contributed by atoms with Gasteiger partial charge >= 0.3 is 6.03 Å². The van der Waals surface area contributed by atoms with Gasteiger partial charge < -0.3 is 10.1 Å². The molecule has 0 saturated carbocycles. The van der Waals surface area contributed by atoms with Gasteiger partial charge in [-0.1, -0.05) is 30.3 Å². The van der Waals surface area contributed by atoms with Crippen molar-refractivity contribution in [2.75, 3.05) is 12.4 Å². The zero-order valence-corrected chi connectivity index (χ0v) is 10.5. The first-order chi connectivity index (χ1) is 9.16. The van der Waals surface area contributed by atoms with Gasteiger partial charge in [-0.2, -0.15) is 0 Å². The standard InChI is InChI=1S/C14H15N3O2/c1-17(15)14(18)16-12-9-5-6-10-13(12)19-11-7-3-2-4-8-11/h2-10H,15H2,1H3,(H,16,18). The van der Waals surface area contributed by atoms with Crippen LogP contribution in [0.2, 0.25) is 0 Å². The molecule has 0 aromatic heterocycles. The Balaban J connectivity index is 2.19. The Morgan fingerprint density at radius 1 is 1.11 bits per heavy atom. The molecule has 2 aromatic rings. The number of rotatable bonds is 3. The van der Waals surface area contributed by atoms with Crippen molar-refractivity contribution in [1.82, 2.24) is 5.01 Å². The summed E-state index contributed by atoms with van der Waals surface area (Å²) in [5, 5.41) is 3.64. The van der Waals surface area contributed by atoms with Crippen molar-refractivity contribution in [1.29, 1.82) is 0 Å². The summed E-state index contributed by atoms with van der Waals surface area (Å²) in [5.74, 6) is 6.63. The number of benzene rings is 2. The minimum Gasteiger partial charge on any atom is -0.455 e. The summed E-state index contributed by atoms with van der Waals surface area (Å²) in [6.45, 7) is 0. The highest BCUT2D eigenvalue weighted by Crippen LogP contribution is 2.29. The highest BCUT2D eigenvalue weighted by molar-refractivity contribution is 5.90. The molecule has 0 atom stereocenters. The summed E-state index contributed by atoms with van der Waals surface area (Å²) >= 11 is 0. The average Bonchev–Trinajstić information content (AvgIpc) is 2.42. The number of hydrogen-bond donors (Lipinski definition) is 2. The van der Waals surface area contributed by atoms with Gasteiger partial charge in [-0.3, -0.25) is 5.01 Å². The van der Waals surface area contributed by atoms with Crippen LogP contribution in [-0.4, -0.2) is 18.1 Å². The van der Waals surface area contributed by atoms with Crippen molar-refractivity contribution in [3.63, 3.8) is 0 Å². The van der Waals surface area contributed by atoms with E-state index in [4.69, 9.17) is 10.6 Å². The van der Waals surface area contributed by atoms with Crippen molar-refractivity contribution in [2.45, 2.75) is 0 Å². The van der Waals surface area contributed by atoms with E-state index < -0.39 is 6.03 Å². The lowest BCUT2D eigenvalue weighted by Gasteiger charge is -2.15. The molecule has 0 aliphatic rings. The van der Waals surface area contributed by atoms with E-state index in [2.05, 4.69) is 5.32 Å². The van der Waals surface area contributed by atoms with Crippen LogP contribution >= 0.6 is 0 Å². The SMILES string of the molecule is CN(N)C(=O)Nc1ccccc1Oc1ccccc1. The van der Waals surface area contributed by atoms with Crippen LogP contribution in [0.4, 0.5) is 10.5 Å². The third-order valence-corrected chi connectivity index (χ3v) is 2.42. The van der Waals surface area contributed by atoms with E-state index in [1.54, 1.807) is 12.1 Å². The highest BCUT2D eigenvalue weighted by Gasteiger charge is 2.09. The molecule has 2 amide bonds. The molecule has 0 unspecified atom stereocenters. The van der Waals surface area contributed by atoms with Crippen molar-refractivity contribution in [2.24, 2.45) is 5.84 Å². The zero-order valence-electron chi connectivity index (χ0n) is 10.5. The smallest absolute Gasteiger partial charge is 0.335 e. The van der Waals surface area contributed by atoms with Gasteiger partial charge in [-0.25, -0.2) is 10.6 Å². The zero-order chi connectivity index (χ0) is 13.7. The van der Waals surface area contributed by atoms with Crippen LogP contribution in [-0.2, 0) is 0 Å². The minimum absolute atomic E-state index is 0.413. The first-order valence-corrected chi connectivity index (χ1v) is 5.78. The third-order valence-electron chi connectivity index (χ3n) is 2.42. The van der Waals surface area contributed by atoms with Gasteiger partial charge in [0, 0.05) is 7.05 Å². The number of carbonyl (C=O) groups excluding carboxylic acids is 1. The Kier molecular flexibility index (Phi) is 4.00. The van der Waals surface area contributed by atoms with E-state index in [9.17, 15) is 4.79 Å². The van der Waals surface area contributed by atoms with Crippen molar-refractivity contribution in [3.8, 4) is 11.5 Å². The van der Waals surface area contributed by atoms with Crippen LogP contribution in [0.25, 0.3) is 0 Å². The van der Waals surface area contributed by atoms with Crippen LogP contribution in [0, 0.1) is 0 Å². The molecule has 0 heterocycles. The van der Waals surface area contributed by atoms with Crippen LogP contribution < -0.4 is 15.9 Å². The predicted molar refractivity (Wildman–Crippen MR) is 73.9 cm³/mol. The molecule has 2 rings (SSSR count). The fraction of sp³-hybridized carbons (Fsp3) is 0.0714. The third kappa shape index (κ3) is 3.46. The maximum absolute atomic E-state index is 11.6. The molecule has 19 heavy (non-hydrogen) atoms. The number of anilines is 1. The number of urea groups is 1. The number of hydrogen-bond acceptors (Lipinski definition) is 3. The second kappa shape index (κ2) is 5.88. The van der Waals surface area contributed by atoms with Gasteiger partial charge in [-0.15, -0.1) is 0 Å². The lowest BCUT2D eigenvalue weighted by molar-refractivity contribution is 0.223. The van der Waals surface area contributed by atoms with E-state index in [1.807, 2.05) is 42.5 Å². The monoisotopic (exact) mass is 257 g/mol. The van der Waals surface area contributed by atoms with Gasteiger partial charge in [0.1, 0.15) is 5.75 Å². The lowest BCUT2D eigenvalue weighted by atomic mass is 10.3. The van der Waals surface area contributed by atoms with Crippen LogP contribution in [0.15, 0.2) is 54.6 Å². The summed E-state index contributed by atoms with van der Waals surface area (Å²) in [6, 6.07) is 16.1. The van der Waals surface area contributed by atoms with E-state index in [1.165, 1.54) is 7.05 Å². The predicted octanol–water partition coefficient (Wildman–Crippen LogP) is 2.82. The van der Waals surface area contributed by atoms with Crippen LogP contribution in [0.1, 0.15) is 0 Å². The van der Waals surface area contributed by atoms with Crippen molar-refractivity contribution >= 4 is 11.7 Å². The Bertz CT molecular complexity index is 556. The van der Waals surface area contributed by atoms with Gasteiger partial charge in [-0.05, 0) is 24.3 Å². The fourth-order valence-corrected chi connectivity index (χ4v) is 1.48. The molecule has 0 aliphatic heterocycles. The Morgan fingerprint density at radius 2 is 1.74 bits per heavy atom. The molecule has 0 fully saturated rings. The molecule has 3 N–H and O–H groups in total. The second-order valence-corrected chi connectivity index (χ2v) is 3.95. The number of ether oxygens (including phenoxy) is 1. The highest BCUT2D eigenvalue weighted by atomic mass is 16.5. The maximum atomic E-state index is 11.6. The molecule has 2 aromatic carbocycles. The molecular formula is C14H15N3O2. The van der Waals surface area contributed by atoms with Gasteiger partial charge in [0.15, 0.2) is 5.75 Å². The quantitative estimate of drug-likeness (QED) is 0.504. The van der Waals surface area contributed by atoms with Crippen LogP contribution in [0.5, 0.6) is 11.5 Å². The maximum Gasteiger partial charge on any atom is 0.335 e. The van der Waals surface area contributed by atoms with Gasteiger partial charge in [0.25, 0.3) is 0 Å². The number of para-hydroxylation sites is 3. The summed E-state index contributed by atoms with van der Waals surface area (Å²) in [7, 11) is 1.47. The molecule has 98 valence electrons. The Labute approximate surface area is 111 Å². The first-order valence-electron chi connectivity index (χ1n) is 5.78. The molecule has 5 nitrogen and oxygen atoms in total.